The number of aryl methyl sites for hydroxylation is 1. The highest BCUT2D eigenvalue weighted by atomic mass is 32.2. The molecule has 0 saturated heterocycles. The van der Waals surface area contributed by atoms with Crippen molar-refractivity contribution < 1.29 is 4.79 Å². The first-order chi connectivity index (χ1) is 11.8. The third-order valence-corrected chi connectivity index (χ3v) is 5.22. The number of anilines is 1. The molecule has 0 radical (unpaired) electrons. The van der Waals surface area contributed by atoms with Crippen LogP contribution >= 0.6 is 11.8 Å². The van der Waals surface area contributed by atoms with Crippen molar-refractivity contribution in [3.8, 4) is 6.07 Å². The molecule has 4 nitrogen and oxygen atoms in total. The summed E-state index contributed by atoms with van der Waals surface area (Å²) in [5.41, 5.74) is 4.44. The topological polar surface area (TPSA) is 65.8 Å². The van der Waals surface area contributed by atoms with Crippen molar-refractivity contribution >= 4 is 23.4 Å². The molecule has 0 saturated carbocycles. The van der Waals surface area contributed by atoms with Gasteiger partial charge in [0.1, 0.15) is 11.1 Å². The van der Waals surface area contributed by atoms with Crippen LogP contribution in [-0.2, 0) is 4.79 Å². The second-order valence-corrected chi connectivity index (χ2v) is 7.68. The number of hydrogen-bond acceptors (Lipinski definition) is 4. The summed E-state index contributed by atoms with van der Waals surface area (Å²) in [5, 5.41) is 12.5. The van der Waals surface area contributed by atoms with Gasteiger partial charge >= 0.3 is 0 Å². The largest absolute Gasteiger partial charge is 0.325 e. The Kier molecular flexibility index (Phi) is 6.22. The van der Waals surface area contributed by atoms with Gasteiger partial charge in [-0.1, -0.05) is 37.7 Å². The fraction of sp³-hybridized carbons (Fsp3) is 0.350. The number of nitrogens with one attached hydrogen (secondary N) is 1. The van der Waals surface area contributed by atoms with Crippen molar-refractivity contribution in [1.29, 1.82) is 5.26 Å². The molecule has 0 fully saturated rings. The molecule has 1 amide bonds. The van der Waals surface area contributed by atoms with Gasteiger partial charge in [-0.15, -0.1) is 0 Å². The first-order valence-electron chi connectivity index (χ1n) is 8.28. The van der Waals surface area contributed by atoms with Crippen molar-refractivity contribution in [2.45, 2.75) is 50.8 Å². The van der Waals surface area contributed by atoms with Crippen molar-refractivity contribution in [3.05, 3.63) is 52.7 Å². The number of aromatic nitrogens is 1. The Morgan fingerprint density at radius 1 is 1.20 bits per heavy atom. The second kappa shape index (κ2) is 8.17. The van der Waals surface area contributed by atoms with Gasteiger partial charge in [0.05, 0.1) is 10.8 Å². The predicted molar refractivity (Wildman–Crippen MR) is 103 cm³/mol. The van der Waals surface area contributed by atoms with Gasteiger partial charge < -0.3 is 5.32 Å². The summed E-state index contributed by atoms with van der Waals surface area (Å²) in [6.07, 6.45) is 0. The van der Waals surface area contributed by atoms with Gasteiger partial charge in [0.15, 0.2) is 0 Å². The maximum atomic E-state index is 12.6. The van der Waals surface area contributed by atoms with E-state index in [-0.39, 0.29) is 17.1 Å². The molecule has 0 spiro atoms. The van der Waals surface area contributed by atoms with Gasteiger partial charge in [0.25, 0.3) is 0 Å². The zero-order chi connectivity index (χ0) is 18.6. The van der Waals surface area contributed by atoms with Crippen molar-refractivity contribution in [3.63, 3.8) is 0 Å². The molecule has 0 aliphatic carbocycles. The van der Waals surface area contributed by atoms with Gasteiger partial charge in [-0.3, -0.25) is 4.79 Å². The normalized spacial score (nSPS) is 11.9. The van der Waals surface area contributed by atoms with Crippen LogP contribution in [-0.4, -0.2) is 16.1 Å². The molecule has 1 aromatic heterocycles. The second-order valence-electron chi connectivity index (χ2n) is 6.35. The Hall–Kier alpha value is -2.32. The van der Waals surface area contributed by atoms with E-state index in [1.165, 1.54) is 11.8 Å². The molecule has 2 rings (SSSR count). The maximum Gasteiger partial charge on any atom is 0.237 e. The average molecular weight is 353 g/mol. The van der Waals surface area contributed by atoms with E-state index >= 15 is 0 Å². The van der Waals surface area contributed by atoms with Gasteiger partial charge in [-0.2, -0.15) is 5.26 Å². The molecule has 1 unspecified atom stereocenters. The van der Waals surface area contributed by atoms with E-state index in [0.717, 1.165) is 22.5 Å². The lowest BCUT2D eigenvalue weighted by atomic mass is 10.1. The smallest absolute Gasteiger partial charge is 0.237 e. The lowest BCUT2D eigenvalue weighted by molar-refractivity contribution is -0.115. The Bertz CT molecular complexity index is 824. The number of pyridine rings is 1. The zero-order valence-electron chi connectivity index (χ0n) is 15.3. The highest BCUT2D eigenvalue weighted by Gasteiger charge is 2.19. The van der Waals surface area contributed by atoms with E-state index in [1.54, 1.807) is 6.07 Å². The van der Waals surface area contributed by atoms with Crippen molar-refractivity contribution in [2.75, 3.05) is 5.32 Å². The summed E-state index contributed by atoms with van der Waals surface area (Å²) in [5.74, 6) is 0.172. The number of carbonyl (C=O) groups is 1. The molecule has 0 aliphatic rings. The van der Waals surface area contributed by atoms with Crippen LogP contribution in [0.25, 0.3) is 0 Å². The molecule has 1 heterocycles. The molecule has 1 N–H and O–H groups in total. The van der Waals surface area contributed by atoms with Gasteiger partial charge in [-0.25, -0.2) is 4.98 Å². The fourth-order valence-electron chi connectivity index (χ4n) is 2.29. The maximum absolute atomic E-state index is 12.6. The molecular formula is C20H23N3OS. The van der Waals surface area contributed by atoms with Gasteiger partial charge in [0.2, 0.25) is 5.91 Å². The molecule has 2 aromatic rings. The quantitative estimate of drug-likeness (QED) is 0.783. The van der Waals surface area contributed by atoms with E-state index in [2.05, 4.69) is 30.2 Å². The van der Waals surface area contributed by atoms with Crippen molar-refractivity contribution in [2.24, 2.45) is 0 Å². The zero-order valence-corrected chi connectivity index (χ0v) is 16.1. The molecule has 0 aliphatic heterocycles. The average Bonchev–Trinajstić information content (AvgIpc) is 2.58. The first-order valence-corrected chi connectivity index (χ1v) is 9.16. The SMILES string of the molecule is Cc1cccc(NC(=O)C(C)Sc2nc(C(C)C)ccc2C#N)c1C. The van der Waals surface area contributed by atoms with Crippen LogP contribution in [0.5, 0.6) is 0 Å². The number of thioether (sulfide) groups is 1. The number of nitrogens with zero attached hydrogens (tertiary/aromatic N) is 2. The summed E-state index contributed by atoms with van der Waals surface area (Å²) in [7, 11) is 0. The lowest BCUT2D eigenvalue weighted by Gasteiger charge is -2.15. The minimum absolute atomic E-state index is 0.0978. The van der Waals surface area contributed by atoms with Crippen LogP contribution in [0.3, 0.4) is 0 Å². The summed E-state index contributed by atoms with van der Waals surface area (Å²) in [4.78, 5) is 17.1. The van der Waals surface area contributed by atoms with Crippen molar-refractivity contribution in [1.82, 2.24) is 4.98 Å². The molecular weight excluding hydrogens is 330 g/mol. The summed E-state index contributed by atoms with van der Waals surface area (Å²) < 4.78 is 0. The Balaban J connectivity index is 2.17. The minimum Gasteiger partial charge on any atom is -0.325 e. The highest BCUT2D eigenvalue weighted by molar-refractivity contribution is 8.00. The summed E-state index contributed by atoms with van der Waals surface area (Å²) >= 11 is 1.32. The lowest BCUT2D eigenvalue weighted by Crippen LogP contribution is -2.23. The Morgan fingerprint density at radius 3 is 2.56 bits per heavy atom. The van der Waals surface area contributed by atoms with E-state index in [9.17, 15) is 10.1 Å². The third-order valence-electron chi connectivity index (χ3n) is 4.11. The fourth-order valence-corrected chi connectivity index (χ4v) is 3.19. The van der Waals surface area contributed by atoms with Crippen LogP contribution in [0.2, 0.25) is 0 Å². The number of hydrogen-bond donors (Lipinski definition) is 1. The summed E-state index contributed by atoms with van der Waals surface area (Å²) in [6.45, 7) is 9.95. The monoisotopic (exact) mass is 353 g/mol. The van der Waals surface area contributed by atoms with Crippen LogP contribution in [0.1, 0.15) is 49.1 Å². The number of carbonyl (C=O) groups excluding carboxylic acids is 1. The van der Waals surface area contributed by atoms with Gasteiger partial charge in [-0.05, 0) is 56.0 Å². The van der Waals surface area contributed by atoms with E-state index in [1.807, 2.05) is 45.0 Å². The van der Waals surface area contributed by atoms with E-state index in [0.29, 0.717) is 10.6 Å². The van der Waals surface area contributed by atoms with Crippen LogP contribution in [0.15, 0.2) is 35.4 Å². The minimum atomic E-state index is -0.359. The number of amides is 1. The van der Waals surface area contributed by atoms with E-state index < -0.39 is 0 Å². The number of nitriles is 1. The molecule has 25 heavy (non-hydrogen) atoms. The molecule has 130 valence electrons. The third kappa shape index (κ3) is 4.61. The van der Waals surface area contributed by atoms with Crippen LogP contribution < -0.4 is 5.32 Å². The molecule has 5 heteroatoms. The number of benzene rings is 1. The Morgan fingerprint density at radius 2 is 1.92 bits per heavy atom. The molecule has 0 bridgehead atoms. The van der Waals surface area contributed by atoms with E-state index in [4.69, 9.17) is 0 Å². The highest BCUT2D eigenvalue weighted by Crippen LogP contribution is 2.28. The molecule has 1 atom stereocenters. The Labute approximate surface area is 153 Å². The summed E-state index contributed by atoms with van der Waals surface area (Å²) in [6, 6.07) is 11.6. The first kappa shape index (κ1) is 19.0. The standard InChI is InChI=1S/C20H23N3OS/c1-12(2)17-10-9-16(11-21)20(23-17)25-15(5)19(24)22-18-8-6-7-13(3)14(18)4/h6-10,12,15H,1-5H3,(H,22,24). The van der Waals surface area contributed by atoms with Gasteiger partial charge in [0, 0.05) is 11.4 Å². The van der Waals surface area contributed by atoms with Crippen LogP contribution in [0.4, 0.5) is 5.69 Å². The molecule has 1 aromatic carbocycles. The predicted octanol–water partition coefficient (Wildman–Crippen LogP) is 4.81. The van der Waals surface area contributed by atoms with Crippen LogP contribution in [0, 0.1) is 25.2 Å². The number of rotatable bonds is 5.